The SMILES string of the molecule is CCNCC1CCOC(C)(C)C1. The molecule has 0 aromatic heterocycles. The Balaban J connectivity index is 2.26. The maximum absolute atomic E-state index is 5.65. The first-order valence-corrected chi connectivity index (χ1v) is 4.99. The van der Waals surface area contributed by atoms with Crippen LogP contribution < -0.4 is 5.32 Å². The highest BCUT2D eigenvalue weighted by molar-refractivity contribution is 4.79. The summed E-state index contributed by atoms with van der Waals surface area (Å²) in [6.07, 6.45) is 2.41. The van der Waals surface area contributed by atoms with Gasteiger partial charge in [0.2, 0.25) is 0 Å². The number of rotatable bonds is 3. The fourth-order valence-corrected chi connectivity index (χ4v) is 1.88. The largest absolute Gasteiger partial charge is 0.376 e. The van der Waals surface area contributed by atoms with Gasteiger partial charge in [0.15, 0.2) is 0 Å². The number of nitrogens with one attached hydrogen (secondary N) is 1. The van der Waals surface area contributed by atoms with Crippen LogP contribution in [0.1, 0.15) is 33.6 Å². The minimum atomic E-state index is 0.109. The molecule has 1 aliphatic rings. The molecule has 1 rings (SSSR count). The molecule has 0 aromatic rings. The molecule has 0 bridgehead atoms. The molecule has 1 fully saturated rings. The zero-order valence-electron chi connectivity index (χ0n) is 8.52. The molecular weight excluding hydrogens is 150 g/mol. The Hall–Kier alpha value is -0.0800. The van der Waals surface area contributed by atoms with Crippen molar-refractivity contribution in [1.82, 2.24) is 5.32 Å². The molecule has 1 atom stereocenters. The first-order chi connectivity index (χ1) is 5.64. The summed E-state index contributed by atoms with van der Waals surface area (Å²) < 4.78 is 5.65. The lowest BCUT2D eigenvalue weighted by atomic mass is 9.88. The van der Waals surface area contributed by atoms with Gasteiger partial charge in [0.25, 0.3) is 0 Å². The van der Waals surface area contributed by atoms with Gasteiger partial charge >= 0.3 is 0 Å². The molecule has 2 nitrogen and oxygen atoms in total. The normalized spacial score (nSPS) is 28.8. The van der Waals surface area contributed by atoms with E-state index in [1.54, 1.807) is 0 Å². The molecule has 0 saturated carbocycles. The highest BCUT2D eigenvalue weighted by Gasteiger charge is 2.28. The third-order valence-electron chi connectivity index (χ3n) is 2.48. The van der Waals surface area contributed by atoms with Crippen LogP contribution in [0.25, 0.3) is 0 Å². The second-order valence-corrected chi connectivity index (χ2v) is 4.27. The van der Waals surface area contributed by atoms with E-state index in [1.165, 1.54) is 12.8 Å². The predicted molar refractivity (Wildman–Crippen MR) is 51.3 cm³/mol. The van der Waals surface area contributed by atoms with E-state index in [9.17, 15) is 0 Å². The number of hydrogen-bond donors (Lipinski definition) is 1. The summed E-state index contributed by atoms with van der Waals surface area (Å²) in [5, 5.41) is 3.40. The molecule has 12 heavy (non-hydrogen) atoms. The average Bonchev–Trinajstić information content (AvgIpc) is 1.99. The smallest absolute Gasteiger partial charge is 0.0629 e. The van der Waals surface area contributed by atoms with Crippen molar-refractivity contribution < 1.29 is 4.74 Å². The van der Waals surface area contributed by atoms with E-state index in [0.717, 1.165) is 25.6 Å². The highest BCUT2D eigenvalue weighted by Crippen LogP contribution is 2.27. The van der Waals surface area contributed by atoms with E-state index in [1.807, 2.05) is 0 Å². The second kappa shape index (κ2) is 4.24. The fourth-order valence-electron chi connectivity index (χ4n) is 1.88. The van der Waals surface area contributed by atoms with E-state index in [-0.39, 0.29) is 5.60 Å². The first-order valence-electron chi connectivity index (χ1n) is 4.99. The minimum absolute atomic E-state index is 0.109. The van der Waals surface area contributed by atoms with Crippen molar-refractivity contribution in [2.24, 2.45) is 5.92 Å². The Labute approximate surface area is 75.7 Å². The summed E-state index contributed by atoms with van der Waals surface area (Å²) >= 11 is 0. The molecule has 0 aromatic carbocycles. The van der Waals surface area contributed by atoms with Gasteiger partial charge in [0.1, 0.15) is 0 Å². The van der Waals surface area contributed by atoms with E-state index in [2.05, 4.69) is 26.1 Å². The monoisotopic (exact) mass is 171 g/mol. The van der Waals surface area contributed by atoms with Crippen LogP contribution in [0.2, 0.25) is 0 Å². The van der Waals surface area contributed by atoms with Crippen molar-refractivity contribution in [3.05, 3.63) is 0 Å². The Morgan fingerprint density at radius 2 is 2.25 bits per heavy atom. The molecule has 0 aliphatic carbocycles. The molecular formula is C10H21NO. The molecule has 1 N–H and O–H groups in total. The van der Waals surface area contributed by atoms with Crippen molar-refractivity contribution in [2.45, 2.75) is 39.2 Å². The van der Waals surface area contributed by atoms with Gasteiger partial charge in [-0.15, -0.1) is 0 Å². The summed E-state index contributed by atoms with van der Waals surface area (Å²) in [4.78, 5) is 0. The van der Waals surface area contributed by atoms with Gasteiger partial charge < -0.3 is 10.1 Å². The van der Waals surface area contributed by atoms with Crippen molar-refractivity contribution >= 4 is 0 Å². The zero-order valence-corrected chi connectivity index (χ0v) is 8.52. The average molecular weight is 171 g/mol. The lowest BCUT2D eigenvalue weighted by Gasteiger charge is -2.35. The van der Waals surface area contributed by atoms with Gasteiger partial charge in [-0.25, -0.2) is 0 Å². The Morgan fingerprint density at radius 1 is 1.50 bits per heavy atom. The lowest BCUT2D eigenvalue weighted by Crippen LogP contribution is -2.37. The van der Waals surface area contributed by atoms with E-state index < -0.39 is 0 Å². The first kappa shape index (κ1) is 10.0. The van der Waals surface area contributed by atoms with Crippen molar-refractivity contribution in [1.29, 1.82) is 0 Å². The molecule has 72 valence electrons. The summed E-state index contributed by atoms with van der Waals surface area (Å²) in [5.41, 5.74) is 0.109. The van der Waals surface area contributed by atoms with Gasteiger partial charge in [-0.05, 0) is 45.7 Å². The quantitative estimate of drug-likeness (QED) is 0.699. The van der Waals surface area contributed by atoms with E-state index in [4.69, 9.17) is 4.74 Å². The summed E-state index contributed by atoms with van der Waals surface area (Å²) in [5.74, 6) is 0.814. The molecule has 1 heterocycles. The zero-order chi connectivity index (χ0) is 9.03. The van der Waals surface area contributed by atoms with Crippen LogP contribution in [0.15, 0.2) is 0 Å². The van der Waals surface area contributed by atoms with E-state index in [0.29, 0.717) is 0 Å². The van der Waals surface area contributed by atoms with Crippen LogP contribution in [0.4, 0.5) is 0 Å². The summed E-state index contributed by atoms with van der Waals surface area (Å²) in [6.45, 7) is 9.70. The second-order valence-electron chi connectivity index (χ2n) is 4.27. The van der Waals surface area contributed by atoms with Crippen LogP contribution in [0.3, 0.4) is 0 Å². The Kier molecular flexibility index (Phi) is 3.53. The van der Waals surface area contributed by atoms with Crippen molar-refractivity contribution in [3.63, 3.8) is 0 Å². The highest BCUT2D eigenvalue weighted by atomic mass is 16.5. The van der Waals surface area contributed by atoms with Crippen molar-refractivity contribution in [2.75, 3.05) is 19.7 Å². The van der Waals surface area contributed by atoms with Gasteiger partial charge in [0, 0.05) is 6.61 Å². The van der Waals surface area contributed by atoms with Crippen LogP contribution in [0, 0.1) is 5.92 Å². The minimum Gasteiger partial charge on any atom is -0.376 e. The molecule has 1 saturated heterocycles. The van der Waals surface area contributed by atoms with Crippen LogP contribution in [0.5, 0.6) is 0 Å². The molecule has 1 unspecified atom stereocenters. The maximum atomic E-state index is 5.65. The molecule has 0 spiro atoms. The topological polar surface area (TPSA) is 21.3 Å². The maximum Gasteiger partial charge on any atom is 0.0629 e. The summed E-state index contributed by atoms with van der Waals surface area (Å²) in [7, 11) is 0. The van der Waals surface area contributed by atoms with Gasteiger partial charge in [0.05, 0.1) is 5.60 Å². The molecule has 0 amide bonds. The standard InChI is InChI=1S/C10H21NO/c1-4-11-8-9-5-6-12-10(2,3)7-9/h9,11H,4-8H2,1-3H3. The predicted octanol–water partition coefficient (Wildman–Crippen LogP) is 1.80. The third-order valence-corrected chi connectivity index (χ3v) is 2.48. The Morgan fingerprint density at radius 3 is 2.83 bits per heavy atom. The van der Waals surface area contributed by atoms with E-state index >= 15 is 0 Å². The fraction of sp³-hybridized carbons (Fsp3) is 1.00. The number of ether oxygens (including phenoxy) is 1. The number of hydrogen-bond acceptors (Lipinski definition) is 2. The lowest BCUT2D eigenvalue weighted by molar-refractivity contribution is -0.0717. The van der Waals surface area contributed by atoms with Gasteiger partial charge in [-0.3, -0.25) is 0 Å². The summed E-state index contributed by atoms with van der Waals surface area (Å²) in [6, 6.07) is 0. The van der Waals surface area contributed by atoms with Crippen molar-refractivity contribution in [3.8, 4) is 0 Å². The van der Waals surface area contributed by atoms with Crippen LogP contribution in [-0.4, -0.2) is 25.3 Å². The van der Waals surface area contributed by atoms with Gasteiger partial charge in [-0.2, -0.15) is 0 Å². The Bertz CT molecular complexity index is 134. The molecule has 1 aliphatic heterocycles. The van der Waals surface area contributed by atoms with Gasteiger partial charge in [-0.1, -0.05) is 6.92 Å². The van der Waals surface area contributed by atoms with Crippen LogP contribution >= 0.6 is 0 Å². The molecule has 2 heteroatoms. The molecule has 0 radical (unpaired) electrons. The van der Waals surface area contributed by atoms with Crippen LogP contribution in [-0.2, 0) is 4.74 Å². The third kappa shape index (κ3) is 3.11.